The van der Waals surface area contributed by atoms with Crippen LogP contribution in [0.5, 0.6) is 0 Å². The molecule has 0 aliphatic carbocycles. The summed E-state index contributed by atoms with van der Waals surface area (Å²) in [6, 6.07) is 8.22. The molecule has 3 heteroatoms. The van der Waals surface area contributed by atoms with E-state index in [0.29, 0.717) is 13.0 Å². The van der Waals surface area contributed by atoms with Gasteiger partial charge >= 0.3 is 0 Å². The third kappa shape index (κ3) is 2.78. The van der Waals surface area contributed by atoms with Crippen LogP contribution in [0.15, 0.2) is 29.4 Å². The van der Waals surface area contributed by atoms with Gasteiger partial charge in [0.2, 0.25) is 5.91 Å². The van der Waals surface area contributed by atoms with Crippen molar-refractivity contribution in [3.8, 4) is 0 Å². The average molecular weight is 244 g/mol. The van der Waals surface area contributed by atoms with E-state index in [-0.39, 0.29) is 11.3 Å². The van der Waals surface area contributed by atoms with Crippen LogP contribution in [0, 0.1) is 12.3 Å². The highest BCUT2D eigenvalue weighted by Crippen LogP contribution is 2.25. The van der Waals surface area contributed by atoms with E-state index in [1.165, 1.54) is 5.56 Å². The lowest BCUT2D eigenvalue weighted by Gasteiger charge is -2.16. The number of hydrogen-bond donors (Lipinski definition) is 0. The van der Waals surface area contributed by atoms with Crippen LogP contribution in [0.3, 0.4) is 0 Å². The molecule has 2 rings (SSSR count). The van der Waals surface area contributed by atoms with Gasteiger partial charge in [-0.05, 0) is 12.5 Å². The Hall–Kier alpha value is -1.64. The summed E-state index contributed by atoms with van der Waals surface area (Å²) in [5.41, 5.74) is 3.29. The van der Waals surface area contributed by atoms with Gasteiger partial charge in [-0.2, -0.15) is 5.10 Å². The molecule has 1 aromatic rings. The van der Waals surface area contributed by atoms with Crippen molar-refractivity contribution >= 4 is 11.6 Å². The fraction of sp³-hybridized carbons (Fsp3) is 0.467. The zero-order valence-corrected chi connectivity index (χ0v) is 11.5. The van der Waals surface area contributed by atoms with Gasteiger partial charge in [-0.1, -0.05) is 50.6 Å². The SMILES string of the molecule is Cc1ccc(CN2N=C(C(C)(C)C)CC2=O)cc1. The van der Waals surface area contributed by atoms with E-state index in [2.05, 4.69) is 44.9 Å². The summed E-state index contributed by atoms with van der Waals surface area (Å²) in [5, 5.41) is 6.05. The van der Waals surface area contributed by atoms with Crippen LogP contribution in [0.25, 0.3) is 0 Å². The average Bonchev–Trinajstić information content (AvgIpc) is 2.63. The fourth-order valence-corrected chi connectivity index (χ4v) is 1.88. The van der Waals surface area contributed by atoms with Crippen molar-refractivity contribution in [1.82, 2.24) is 5.01 Å². The van der Waals surface area contributed by atoms with Gasteiger partial charge in [0, 0.05) is 5.41 Å². The maximum absolute atomic E-state index is 11.9. The molecule has 1 aromatic carbocycles. The first kappa shape index (κ1) is 12.8. The molecule has 0 radical (unpaired) electrons. The van der Waals surface area contributed by atoms with Crippen molar-refractivity contribution in [2.75, 3.05) is 0 Å². The summed E-state index contributed by atoms with van der Waals surface area (Å²) in [6.45, 7) is 8.90. The predicted molar refractivity (Wildman–Crippen MR) is 73.2 cm³/mol. The number of benzene rings is 1. The second kappa shape index (κ2) is 4.56. The van der Waals surface area contributed by atoms with Crippen molar-refractivity contribution in [2.45, 2.75) is 40.7 Å². The molecule has 1 amide bonds. The summed E-state index contributed by atoms with van der Waals surface area (Å²) in [6.07, 6.45) is 0.454. The molecule has 0 unspecified atom stereocenters. The van der Waals surface area contributed by atoms with Crippen LogP contribution in [0.2, 0.25) is 0 Å². The quantitative estimate of drug-likeness (QED) is 0.786. The monoisotopic (exact) mass is 244 g/mol. The molecule has 0 bridgehead atoms. The van der Waals surface area contributed by atoms with Gasteiger partial charge in [0.15, 0.2) is 0 Å². The number of aryl methyl sites for hydroxylation is 1. The molecule has 0 aromatic heterocycles. The Morgan fingerprint density at radius 1 is 1.22 bits per heavy atom. The lowest BCUT2D eigenvalue weighted by atomic mass is 9.88. The van der Waals surface area contributed by atoms with Gasteiger partial charge in [-0.25, -0.2) is 5.01 Å². The lowest BCUT2D eigenvalue weighted by molar-refractivity contribution is -0.129. The Labute approximate surface area is 108 Å². The highest BCUT2D eigenvalue weighted by Gasteiger charge is 2.30. The smallest absolute Gasteiger partial charge is 0.248 e. The van der Waals surface area contributed by atoms with Gasteiger partial charge in [0.25, 0.3) is 0 Å². The summed E-state index contributed by atoms with van der Waals surface area (Å²) in [5.74, 6) is 0.0977. The van der Waals surface area contributed by atoms with Crippen LogP contribution in [0.4, 0.5) is 0 Å². The molecular formula is C15H20N2O. The molecule has 1 aliphatic rings. The minimum Gasteiger partial charge on any atom is -0.273 e. The second-order valence-corrected chi connectivity index (χ2v) is 5.91. The van der Waals surface area contributed by atoms with Crippen LogP contribution < -0.4 is 0 Å². The third-order valence-electron chi connectivity index (χ3n) is 3.17. The normalized spacial score (nSPS) is 16.1. The van der Waals surface area contributed by atoms with Gasteiger partial charge in [-0.3, -0.25) is 4.79 Å². The standard InChI is InChI=1S/C15H20N2O/c1-11-5-7-12(8-6-11)10-17-14(18)9-13(16-17)15(2,3)4/h5-8H,9-10H2,1-4H3. The minimum atomic E-state index is -0.0301. The van der Waals surface area contributed by atoms with Crippen molar-refractivity contribution < 1.29 is 4.79 Å². The van der Waals surface area contributed by atoms with E-state index in [1.54, 1.807) is 5.01 Å². The Balaban J connectivity index is 2.12. The summed E-state index contributed by atoms with van der Waals surface area (Å²) in [7, 11) is 0. The van der Waals surface area contributed by atoms with Crippen LogP contribution in [-0.4, -0.2) is 16.6 Å². The first-order valence-electron chi connectivity index (χ1n) is 6.30. The molecule has 18 heavy (non-hydrogen) atoms. The Kier molecular flexibility index (Phi) is 3.24. The Bertz CT molecular complexity index is 480. The maximum Gasteiger partial charge on any atom is 0.248 e. The fourth-order valence-electron chi connectivity index (χ4n) is 1.88. The van der Waals surface area contributed by atoms with E-state index in [9.17, 15) is 4.79 Å². The van der Waals surface area contributed by atoms with E-state index >= 15 is 0 Å². The van der Waals surface area contributed by atoms with Crippen LogP contribution in [0.1, 0.15) is 38.3 Å². The van der Waals surface area contributed by atoms with Gasteiger partial charge in [0.05, 0.1) is 18.7 Å². The highest BCUT2D eigenvalue weighted by molar-refractivity contribution is 6.07. The van der Waals surface area contributed by atoms with Crippen LogP contribution in [-0.2, 0) is 11.3 Å². The Morgan fingerprint density at radius 2 is 1.83 bits per heavy atom. The molecule has 0 spiro atoms. The molecular weight excluding hydrogens is 224 g/mol. The maximum atomic E-state index is 11.9. The number of hydrogen-bond acceptors (Lipinski definition) is 2. The number of carbonyl (C=O) groups is 1. The van der Waals surface area contributed by atoms with Crippen molar-refractivity contribution in [2.24, 2.45) is 10.5 Å². The number of carbonyl (C=O) groups excluding carboxylic acids is 1. The summed E-state index contributed by atoms with van der Waals surface area (Å²) >= 11 is 0. The second-order valence-electron chi connectivity index (χ2n) is 5.91. The lowest BCUT2D eigenvalue weighted by Crippen LogP contribution is -2.20. The first-order valence-corrected chi connectivity index (χ1v) is 6.30. The molecule has 0 atom stereocenters. The van der Waals surface area contributed by atoms with E-state index in [4.69, 9.17) is 0 Å². The molecule has 0 fully saturated rings. The van der Waals surface area contributed by atoms with Crippen molar-refractivity contribution in [1.29, 1.82) is 0 Å². The molecule has 0 saturated carbocycles. The topological polar surface area (TPSA) is 32.7 Å². The molecule has 0 saturated heterocycles. The van der Waals surface area contributed by atoms with E-state index in [0.717, 1.165) is 11.3 Å². The summed E-state index contributed by atoms with van der Waals surface area (Å²) < 4.78 is 0. The minimum absolute atomic E-state index is 0.0301. The number of hydrazone groups is 1. The molecule has 0 N–H and O–H groups in total. The molecule has 1 aliphatic heterocycles. The number of nitrogens with zero attached hydrogens (tertiary/aromatic N) is 2. The zero-order chi connectivity index (χ0) is 13.3. The largest absolute Gasteiger partial charge is 0.273 e. The Morgan fingerprint density at radius 3 is 2.33 bits per heavy atom. The van der Waals surface area contributed by atoms with Crippen molar-refractivity contribution in [3.63, 3.8) is 0 Å². The zero-order valence-electron chi connectivity index (χ0n) is 11.5. The molecule has 96 valence electrons. The van der Waals surface area contributed by atoms with Gasteiger partial charge in [-0.15, -0.1) is 0 Å². The predicted octanol–water partition coefficient (Wildman–Crippen LogP) is 3.13. The molecule has 1 heterocycles. The number of amides is 1. The van der Waals surface area contributed by atoms with E-state index in [1.807, 2.05) is 12.1 Å². The first-order chi connectivity index (χ1) is 8.36. The molecule has 3 nitrogen and oxygen atoms in total. The van der Waals surface area contributed by atoms with Gasteiger partial charge in [0.1, 0.15) is 0 Å². The van der Waals surface area contributed by atoms with E-state index < -0.39 is 0 Å². The van der Waals surface area contributed by atoms with Gasteiger partial charge < -0.3 is 0 Å². The van der Waals surface area contributed by atoms with Crippen LogP contribution >= 0.6 is 0 Å². The summed E-state index contributed by atoms with van der Waals surface area (Å²) in [4.78, 5) is 11.9. The highest BCUT2D eigenvalue weighted by atomic mass is 16.2. The third-order valence-corrected chi connectivity index (χ3v) is 3.17. The number of rotatable bonds is 2. The van der Waals surface area contributed by atoms with Crippen molar-refractivity contribution in [3.05, 3.63) is 35.4 Å².